The van der Waals surface area contributed by atoms with Gasteiger partial charge in [-0.1, -0.05) is 0 Å². The van der Waals surface area contributed by atoms with Gasteiger partial charge in [0, 0.05) is 34.9 Å². The maximum absolute atomic E-state index is 10.6. The third-order valence-electron chi connectivity index (χ3n) is 2.15. The Morgan fingerprint density at radius 3 is 1.66 bits per heavy atom. The molecule has 3 N–H and O–H groups in total. The number of rotatable bonds is 5. The number of carbonyl (C=O) groups excluding carboxylic acids is 4. The van der Waals surface area contributed by atoms with Gasteiger partial charge in [-0.2, -0.15) is 0 Å². The fourth-order valence-electron chi connectivity index (χ4n) is 0.845. The van der Waals surface area contributed by atoms with Crippen LogP contribution in [0.1, 0.15) is 41.5 Å². The highest BCUT2D eigenvalue weighted by Crippen LogP contribution is 2.04. The molecule has 1 heterocycles. The number of carboxylic acids is 1. The van der Waals surface area contributed by atoms with Gasteiger partial charge < -0.3 is 34.5 Å². The Bertz CT molecular complexity index is 553. The van der Waals surface area contributed by atoms with Crippen LogP contribution in [-0.4, -0.2) is 92.5 Å². The molecule has 1 rings (SSSR count). The average Bonchev–Trinajstić information content (AvgIpc) is 3.47. The van der Waals surface area contributed by atoms with Crippen molar-refractivity contribution < 1.29 is 53.1 Å². The van der Waals surface area contributed by atoms with Gasteiger partial charge in [-0.3, -0.25) is 14.4 Å². The van der Waals surface area contributed by atoms with E-state index in [1.165, 1.54) is 34.0 Å². The molecule has 13 heteroatoms. The summed E-state index contributed by atoms with van der Waals surface area (Å²) in [5, 5.41) is 18.2. The lowest BCUT2D eigenvalue weighted by atomic mass is 10.4. The molecule has 1 amide bonds. The van der Waals surface area contributed by atoms with Crippen LogP contribution in [0.2, 0.25) is 0 Å². The summed E-state index contributed by atoms with van der Waals surface area (Å²) >= 11 is 0. The summed E-state index contributed by atoms with van der Waals surface area (Å²) in [5.41, 5.74) is 0. The molecule has 0 saturated carbocycles. The Balaban J connectivity index is -0.000000168. The van der Waals surface area contributed by atoms with Crippen molar-refractivity contribution in [1.82, 2.24) is 5.32 Å². The number of isocyanates is 1. The number of esters is 2. The minimum atomic E-state index is -0.833. The number of nitrogens with zero attached hydrogens (tertiary/aromatic N) is 1. The van der Waals surface area contributed by atoms with E-state index in [-0.39, 0.29) is 25.2 Å². The minimum absolute atomic E-state index is 0.0861. The van der Waals surface area contributed by atoms with Crippen molar-refractivity contribution in [1.29, 1.82) is 0 Å². The number of alkyl carbamates (subject to hydrolysis) is 1. The highest BCUT2D eigenvalue weighted by atomic mass is 16.6. The summed E-state index contributed by atoms with van der Waals surface area (Å²) in [6, 6.07) is 0. The van der Waals surface area contributed by atoms with Crippen molar-refractivity contribution in [2.75, 3.05) is 33.9 Å². The Labute approximate surface area is 188 Å². The lowest BCUT2D eigenvalue weighted by Crippen LogP contribution is -2.27. The zero-order valence-electron chi connectivity index (χ0n) is 19.9. The molecule has 0 aromatic heterocycles. The topological polar surface area (TPSA) is 190 Å². The largest absolute Gasteiger partial charge is 0.481 e. The predicted molar refractivity (Wildman–Crippen MR) is 113 cm³/mol. The smallest absolute Gasteiger partial charge is 0.407 e. The van der Waals surface area contributed by atoms with Crippen LogP contribution < -0.4 is 5.32 Å². The third kappa shape index (κ3) is 63.2. The minimum Gasteiger partial charge on any atom is -0.481 e. The van der Waals surface area contributed by atoms with Crippen LogP contribution in [0.25, 0.3) is 0 Å². The number of hydrogen-bond acceptors (Lipinski definition) is 11. The summed E-state index contributed by atoms with van der Waals surface area (Å²) < 4.78 is 18.5. The molecule has 32 heavy (non-hydrogen) atoms. The van der Waals surface area contributed by atoms with E-state index in [4.69, 9.17) is 29.3 Å². The third-order valence-corrected chi connectivity index (χ3v) is 2.15. The average molecular weight is 469 g/mol. The fourth-order valence-corrected chi connectivity index (χ4v) is 0.845. The maximum Gasteiger partial charge on any atom is 0.407 e. The number of epoxide rings is 1. The normalized spacial score (nSPS) is 13.8. The summed E-state index contributed by atoms with van der Waals surface area (Å²) in [4.78, 5) is 51.7. The van der Waals surface area contributed by atoms with Crippen LogP contribution >= 0.6 is 0 Å². The number of aliphatic carboxylic acids is 1. The first-order chi connectivity index (χ1) is 14.7. The number of hydrogen-bond donors (Lipinski definition) is 3. The second kappa shape index (κ2) is 26.0. The molecule has 3 atom stereocenters. The van der Waals surface area contributed by atoms with Crippen LogP contribution in [0.5, 0.6) is 0 Å². The highest BCUT2D eigenvalue weighted by Gasteiger charge is 2.13. The zero-order valence-corrected chi connectivity index (χ0v) is 19.9. The SMILES string of the molecule is CC(=O)O.CC(=O)OCC(C)O.CC1CO1.CN=C=O.CNC(=O)OC(C)COC(C)=O. The van der Waals surface area contributed by atoms with Crippen molar-refractivity contribution in [2.45, 2.75) is 59.9 Å². The van der Waals surface area contributed by atoms with Gasteiger partial charge in [-0.25, -0.2) is 14.6 Å². The summed E-state index contributed by atoms with van der Waals surface area (Å²) in [6.45, 7) is 10.1. The van der Waals surface area contributed by atoms with Gasteiger partial charge in [0.05, 0.1) is 18.8 Å². The van der Waals surface area contributed by atoms with E-state index in [1.54, 1.807) is 13.8 Å². The number of aliphatic hydroxyl groups excluding tert-OH is 1. The van der Waals surface area contributed by atoms with Gasteiger partial charge in [0.2, 0.25) is 6.08 Å². The number of ether oxygens (including phenoxy) is 4. The van der Waals surface area contributed by atoms with Crippen LogP contribution in [0.15, 0.2) is 4.99 Å². The van der Waals surface area contributed by atoms with E-state index in [1.807, 2.05) is 0 Å². The Morgan fingerprint density at radius 1 is 1.12 bits per heavy atom. The molecule has 0 spiro atoms. The predicted octanol–water partition coefficient (Wildman–Crippen LogP) is 0.672. The highest BCUT2D eigenvalue weighted by molar-refractivity contribution is 5.67. The van der Waals surface area contributed by atoms with Crippen LogP contribution in [0, 0.1) is 0 Å². The van der Waals surface area contributed by atoms with E-state index in [0.717, 1.165) is 13.5 Å². The van der Waals surface area contributed by atoms with E-state index >= 15 is 0 Å². The second-order valence-electron chi connectivity index (χ2n) is 5.90. The Kier molecular flexibility index (Phi) is 29.6. The summed E-state index contributed by atoms with van der Waals surface area (Å²) in [5.74, 6) is -1.58. The standard InChI is InChI=1S/C7H13NO4.C5H10O3.C3H6O.C2H3NO.C2H4O2/c1-5(4-11-6(2)9)12-7(10)8-3;1-4(6)3-8-5(2)7;1-3-2-4-3;1-3-2-4;1-2(3)4/h5H,4H2,1-3H3,(H,8,10);4,6H,3H2,1-2H3;3H,2H2,1H3;1H3;1H3,(H,3,4). The first kappa shape index (κ1) is 36.4. The molecule has 0 radical (unpaired) electrons. The molecule has 1 aliphatic rings. The van der Waals surface area contributed by atoms with E-state index < -0.39 is 24.3 Å². The van der Waals surface area contributed by atoms with Gasteiger partial charge in [0.25, 0.3) is 5.97 Å². The van der Waals surface area contributed by atoms with Crippen molar-refractivity contribution in [3.63, 3.8) is 0 Å². The van der Waals surface area contributed by atoms with Gasteiger partial charge in [-0.05, 0) is 20.8 Å². The van der Waals surface area contributed by atoms with Crippen LogP contribution in [-0.2, 0) is 38.1 Å². The van der Waals surface area contributed by atoms with Gasteiger partial charge in [0.1, 0.15) is 19.3 Å². The lowest BCUT2D eigenvalue weighted by Gasteiger charge is -2.11. The van der Waals surface area contributed by atoms with Gasteiger partial charge in [0.15, 0.2) is 0 Å². The number of aliphatic hydroxyl groups is 1. The zero-order chi connectivity index (χ0) is 26.1. The molecule has 1 aliphatic heterocycles. The van der Waals surface area contributed by atoms with E-state index in [0.29, 0.717) is 6.10 Å². The number of carboxylic acid groups (broad SMARTS) is 1. The molecule has 1 saturated heterocycles. The number of aliphatic imine (C=N–C) groups is 1. The number of carbonyl (C=O) groups is 4. The van der Waals surface area contributed by atoms with E-state index in [2.05, 4.69) is 26.7 Å². The fraction of sp³-hybridized carbons (Fsp3) is 0.737. The summed E-state index contributed by atoms with van der Waals surface area (Å²) in [7, 11) is 2.84. The van der Waals surface area contributed by atoms with Crippen molar-refractivity contribution in [3.8, 4) is 0 Å². The van der Waals surface area contributed by atoms with Crippen molar-refractivity contribution in [2.24, 2.45) is 4.99 Å². The van der Waals surface area contributed by atoms with Crippen LogP contribution in [0.4, 0.5) is 4.79 Å². The first-order valence-electron chi connectivity index (χ1n) is 9.33. The van der Waals surface area contributed by atoms with Gasteiger partial charge in [-0.15, -0.1) is 0 Å². The van der Waals surface area contributed by atoms with E-state index in [9.17, 15) is 14.4 Å². The molecule has 0 aromatic carbocycles. The van der Waals surface area contributed by atoms with Crippen molar-refractivity contribution in [3.05, 3.63) is 0 Å². The number of amides is 1. The molecule has 0 aromatic rings. The monoisotopic (exact) mass is 468 g/mol. The molecule has 188 valence electrons. The first-order valence-corrected chi connectivity index (χ1v) is 9.33. The summed E-state index contributed by atoms with van der Waals surface area (Å²) in [6.07, 6.45) is 0.377. The Hall–Kier alpha value is -3.02. The van der Waals surface area contributed by atoms with Gasteiger partial charge >= 0.3 is 18.0 Å². The maximum atomic E-state index is 10.6. The molecule has 0 bridgehead atoms. The molecule has 3 unspecified atom stereocenters. The quantitative estimate of drug-likeness (QED) is 0.169. The molecule has 1 fully saturated rings. The lowest BCUT2D eigenvalue weighted by molar-refractivity contribution is -0.144. The molecule has 0 aliphatic carbocycles. The van der Waals surface area contributed by atoms with Crippen LogP contribution in [0.3, 0.4) is 0 Å². The molecular weight excluding hydrogens is 432 g/mol. The van der Waals surface area contributed by atoms with Crippen molar-refractivity contribution >= 4 is 30.1 Å². The number of nitrogens with one attached hydrogen (secondary N) is 1. The molecular formula is C19H36N2O11. The Morgan fingerprint density at radius 2 is 1.47 bits per heavy atom. The second-order valence-corrected chi connectivity index (χ2v) is 5.90. The molecule has 13 nitrogen and oxygen atoms in total.